The zero-order chi connectivity index (χ0) is 23.7. The van der Waals surface area contributed by atoms with E-state index in [1.54, 1.807) is 0 Å². The molecule has 32 heavy (non-hydrogen) atoms. The number of hydrogen-bond acceptors (Lipinski definition) is 5. The first-order valence-corrected chi connectivity index (χ1v) is 19.1. The Morgan fingerprint density at radius 1 is 0.969 bits per heavy atom. The molecule has 0 fully saturated rings. The predicted octanol–water partition coefficient (Wildman–Crippen LogP) is 5.76. The van der Waals surface area contributed by atoms with Crippen LogP contribution in [-0.4, -0.2) is 42.5 Å². The van der Waals surface area contributed by atoms with E-state index in [0.29, 0.717) is 5.69 Å². The van der Waals surface area contributed by atoms with Crippen LogP contribution in [0.15, 0.2) is 36.4 Å². The lowest BCUT2D eigenvalue weighted by atomic mass is 9.99. The minimum Gasteiger partial charge on any atom is -0.505 e. The number of aryl methyl sites for hydroxylation is 1. The summed E-state index contributed by atoms with van der Waals surface area (Å²) < 4.78 is 12.8. The highest BCUT2D eigenvalue weighted by Gasteiger charge is 2.39. The first-order chi connectivity index (χ1) is 14.8. The molecule has 3 rings (SSSR count). The molecule has 0 spiro atoms. The van der Waals surface area contributed by atoms with Crippen LogP contribution in [0.5, 0.6) is 5.75 Å². The van der Waals surface area contributed by atoms with Crippen molar-refractivity contribution in [3.8, 4) is 11.4 Å². The first-order valence-electron chi connectivity index (χ1n) is 11.1. The monoisotopic (exact) mass is 490 g/mol. The van der Waals surface area contributed by atoms with E-state index in [1.807, 2.05) is 37.3 Å². The van der Waals surface area contributed by atoms with Crippen LogP contribution >= 0.6 is 0 Å². The number of fused-ring (bicyclic) bond motifs is 1. The standard InChI is InChI=1S/C23H35N3O3SSi2/c1-17-13-19(14-18(2)16-30(28-31(3,4)5)29-32(6,7)8)23(27)22(15-17)26-24-20-11-9-10-12-21(20)25-26/h9-13,15,18H,14,16H2,1-8H3/p+1. The van der Waals surface area contributed by atoms with Crippen molar-refractivity contribution in [1.29, 1.82) is 0 Å². The van der Waals surface area contributed by atoms with Gasteiger partial charge in [-0.15, -0.1) is 15.0 Å². The Hall–Kier alpha value is -1.66. The van der Waals surface area contributed by atoms with Crippen LogP contribution in [0.3, 0.4) is 0 Å². The third kappa shape index (κ3) is 6.92. The molecule has 0 aliphatic heterocycles. The van der Waals surface area contributed by atoms with Crippen molar-refractivity contribution in [2.45, 2.75) is 59.6 Å². The molecule has 0 saturated carbocycles. The number of nitrogens with zero attached hydrogens (tertiary/aromatic N) is 3. The molecular formula is C23H36N3O3SSi2+. The SMILES string of the molecule is Cc1cc(CC(C)C[S+](O[Si](C)(C)C)O[Si](C)(C)C)c(O)c(-n2nc3ccccc3n2)c1. The van der Waals surface area contributed by atoms with Gasteiger partial charge in [0.15, 0.2) is 5.75 Å². The highest BCUT2D eigenvalue weighted by atomic mass is 32.2. The van der Waals surface area contributed by atoms with Crippen molar-refractivity contribution in [2.75, 3.05) is 5.75 Å². The Balaban J connectivity index is 1.83. The van der Waals surface area contributed by atoms with Gasteiger partial charge in [-0.1, -0.05) is 25.1 Å². The maximum atomic E-state index is 11.1. The van der Waals surface area contributed by atoms with E-state index in [4.69, 9.17) is 7.74 Å². The summed E-state index contributed by atoms with van der Waals surface area (Å²) in [6.45, 7) is 17.4. The fraction of sp³-hybridized carbons (Fsp3) is 0.478. The molecule has 1 atom stereocenters. The van der Waals surface area contributed by atoms with E-state index < -0.39 is 28.1 Å². The van der Waals surface area contributed by atoms with E-state index in [9.17, 15) is 5.11 Å². The van der Waals surface area contributed by atoms with Crippen LogP contribution in [0.25, 0.3) is 16.7 Å². The molecule has 1 N–H and O–H groups in total. The summed E-state index contributed by atoms with van der Waals surface area (Å²) in [4.78, 5) is 1.54. The maximum absolute atomic E-state index is 11.1. The second kappa shape index (κ2) is 9.68. The van der Waals surface area contributed by atoms with Gasteiger partial charge < -0.3 is 5.11 Å². The van der Waals surface area contributed by atoms with Crippen molar-refractivity contribution >= 4 is 39.1 Å². The Morgan fingerprint density at radius 2 is 1.50 bits per heavy atom. The van der Waals surface area contributed by atoms with Crippen molar-refractivity contribution in [3.63, 3.8) is 0 Å². The first kappa shape index (κ1) is 25.0. The normalized spacial score (nSPS) is 13.8. The Bertz CT molecular complexity index is 1030. The molecule has 0 saturated heterocycles. The maximum Gasteiger partial charge on any atom is 0.290 e. The van der Waals surface area contributed by atoms with E-state index >= 15 is 0 Å². The summed E-state index contributed by atoms with van der Waals surface area (Å²) in [5.41, 5.74) is 4.19. The summed E-state index contributed by atoms with van der Waals surface area (Å²) >= 11 is -0.519. The number of phenolic OH excluding ortho intramolecular Hbond substituents is 1. The van der Waals surface area contributed by atoms with Gasteiger partial charge in [-0.25, -0.2) is 0 Å². The molecular weight excluding hydrogens is 455 g/mol. The summed E-state index contributed by atoms with van der Waals surface area (Å²) in [5, 5.41) is 20.2. The number of phenols is 1. The van der Waals surface area contributed by atoms with E-state index in [2.05, 4.69) is 62.5 Å². The number of aromatic nitrogens is 3. The minimum atomic E-state index is -1.73. The number of benzene rings is 2. The molecule has 0 bridgehead atoms. The topological polar surface area (TPSA) is 69.4 Å². The quantitative estimate of drug-likeness (QED) is 0.305. The van der Waals surface area contributed by atoms with Gasteiger partial charge in [0, 0.05) is 5.92 Å². The largest absolute Gasteiger partial charge is 0.505 e. The molecule has 9 heteroatoms. The molecule has 0 aliphatic carbocycles. The zero-order valence-electron chi connectivity index (χ0n) is 20.5. The molecule has 2 aromatic carbocycles. The molecule has 174 valence electrons. The van der Waals surface area contributed by atoms with Gasteiger partial charge in [0.1, 0.15) is 22.5 Å². The molecule has 0 radical (unpaired) electrons. The number of rotatable bonds is 9. The van der Waals surface area contributed by atoms with Crippen LogP contribution in [0, 0.1) is 12.8 Å². The van der Waals surface area contributed by atoms with Crippen molar-refractivity contribution in [1.82, 2.24) is 15.0 Å². The second-order valence-corrected chi connectivity index (χ2v) is 21.2. The molecule has 0 amide bonds. The summed E-state index contributed by atoms with van der Waals surface area (Å²) in [6.07, 6.45) is 0.731. The van der Waals surface area contributed by atoms with Crippen molar-refractivity contribution in [3.05, 3.63) is 47.5 Å². The van der Waals surface area contributed by atoms with Gasteiger partial charge in [0.25, 0.3) is 28.1 Å². The smallest absolute Gasteiger partial charge is 0.290 e. The van der Waals surface area contributed by atoms with Gasteiger partial charge in [0.2, 0.25) is 0 Å². The van der Waals surface area contributed by atoms with Crippen molar-refractivity contribution < 1.29 is 12.9 Å². The second-order valence-electron chi connectivity index (χ2n) is 10.4. The van der Waals surface area contributed by atoms with Gasteiger partial charge >= 0.3 is 0 Å². The van der Waals surface area contributed by atoms with E-state index in [1.165, 1.54) is 4.80 Å². The van der Waals surface area contributed by atoms with Crippen LogP contribution in [-0.2, 0) is 25.6 Å². The van der Waals surface area contributed by atoms with Gasteiger partial charge in [-0.2, -0.15) is 7.74 Å². The zero-order valence-corrected chi connectivity index (χ0v) is 23.3. The minimum absolute atomic E-state index is 0.236. The van der Waals surface area contributed by atoms with Crippen LogP contribution in [0.4, 0.5) is 0 Å². The molecule has 6 nitrogen and oxygen atoms in total. The van der Waals surface area contributed by atoms with E-state index in [0.717, 1.165) is 34.3 Å². The van der Waals surface area contributed by atoms with Gasteiger partial charge in [-0.3, -0.25) is 0 Å². The van der Waals surface area contributed by atoms with E-state index in [-0.39, 0.29) is 11.7 Å². The fourth-order valence-electron chi connectivity index (χ4n) is 3.42. The molecule has 1 unspecified atom stereocenters. The third-order valence-electron chi connectivity index (χ3n) is 4.49. The van der Waals surface area contributed by atoms with Gasteiger partial charge in [0.05, 0.1) is 0 Å². The third-order valence-corrected chi connectivity index (χ3v) is 10.8. The lowest BCUT2D eigenvalue weighted by Crippen LogP contribution is -2.39. The molecule has 1 heterocycles. The lowest BCUT2D eigenvalue weighted by molar-refractivity contribution is 0.452. The Kier molecular flexibility index (Phi) is 7.56. The van der Waals surface area contributed by atoms with Crippen LogP contribution in [0.2, 0.25) is 39.3 Å². The highest BCUT2D eigenvalue weighted by molar-refractivity contribution is 7.89. The molecule has 0 aliphatic rings. The number of hydrogen-bond donors (Lipinski definition) is 1. The average molecular weight is 491 g/mol. The summed E-state index contributed by atoms with van der Waals surface area (Å²) in [7, 11) is -3.46. The van der Waals surface area contributed by atoms with Crippen LogP contribution in [0.1, 0.15) is 18.1 Å². The summed E-state index contributed by atoms with van der Waals surface area (Å²) in [6, 6.07) is 11.7. The predicted molar refractivity (Wildman–Crippen MR) is 139 cm³/mol. The average Bonchev–Trinajstić information content (AvgIpc) is 3.05. The fourth-order valence-corrected chi connectivity index (χ4v) is 9.45. The molecule has 3 aromatic rings. The van der Waals surface area contributed by atoms with Gasteiger partial charge in [-0.05, 0) is 82.0 Å². The Morgan fingerprint density at radius 3 is 2.00 bits per heavy atom. The van der Waals surface area contributed by atoms with Crippen molar-refractivity contribution in [2.24, 2.45) is 5.92 Å². The summed E-state index contributed by atoms with van der Waals surface area (Å²) in [5.74, 6) is 1.34. The lowest BCUT2D eigenvalue weighted by Gasteiger charge is -2.21. The number of aromatic hydroxyl groups is 1. The molecule has 1 aromatic heterocycles. The van der Waals surface area contributed by atoms with Crippen LogP contribution < -0.4 is 0 Å². The Labute approximate surface area is 197 Å². The highest BCUT2D eigenvalue weighted by Crippen LogP contribution is 2.31.